The van der Waals surface area contributed by atoms with E-state index in [0.29, 0.717) is 13.0 Å². The second kappa shape index (κ2) is 14.4. The maximum atomic E-state index is 13.2. The smallest absolute Gasteiger partial charge is 0.410 e. The molecule has 0 radical (unpaired) electrons. The SMILES string of the molecule is CCN(C(=O)Cc1ccc(S(C)(=O)=O)cc1)C1CCN(CC[C@H](NC(=O)Oc2ccc(F)cc2)c2ccccc2)CC1. The van der Waals surface area contributed by atoms with Crippen molar-refractivity contribution in [1.29, 1.82) is 0 Å². The third-order valence-electron chi connectivity index (χ3n) is 7.62. The van der Waals surface area contributed by atoms with Crippen LogP contribution in [0.3, 0.4) is 0 Å². The van der Waals surface area contributed by atoms with E-state index in [0.717, 1.165) is 43.6 Å². The molecule has 8 nitrogen and oxygen atoms in total. The quantitative estimate of drug-likeness (QED) is 0.335. The number of piperidine rings is 1. The second-order valence-corrected chi connectivity index (χ2v) is 12.6. The van der Waals surface area contributed by atoms with Gasteiger partial charge in [-0.2, -0.15) is 0 Å². The largest absolute Gasteiger partial charge is 0.413 e. The Morgan fingerprint density at radius 1 is 1.00 bits per heavy atom. The Hall–Kier alpha value is -3.76. The topological polar surface area (TPSA) is 96.0 Å². The van der Waals surface area contributed by atoms with Crippen molar-refractivity contribution in [2.24, 2.45) is 0 Å². The number of hydrogen-bond acceptors (Lipinski definition) is 6. The average Bonchev–Trinajstić information content (AvgIpc) is 2.98. The van der Waals surface area contributed by atoms with Gasteiger partial charge in [0.05, 0.1) is 17.4 Å². The minimum Gasteiger partial charge on any atom is -0.410 e. The molecule has 42 heavy (non-hydrogen) atoms. The predicted molar refractivity (Wildman–Crippen MR) is 159 cm³/mol. The molecule has 10 heteroatoms. The van der Waals surface area contributed by atoms with Crippen molar-refractivity contribution in [2.75, 3.05) is 32.4 Å². The lowest BCUT2D eigenvalue weighted by Crippen LogP contribution is -2.48. The first-order valence-corrected chi connectivity index (χ1v) is 16.1. The molecule has 1 saturated heterocycles. The molecule has 1 heterocycles. The zero-order valence-electron chi connectivity index (χ0n) is 24.0. The second-order valence-electron chi connectivity index (χ2n) is 10.6. The summed E-state index contributed by atoms with van der Waals surface area (Å²) < 4.78 is 42.0. The van der Waals surface area contributed by atoms with Gasteiger partial charge in [0.2, 0.25) is 5.91 Å². The number of rotatable bonds is 11. The first-order chi connectivity index (χ1) is 20.1. The fraction of sp³-hybridized carbons (Fsp3) is 0.375. The number of amides is 2. The fourth-order valence-electron chi connectivity index (χ4n) is 5.32. The number of benzene rings is 3. The molecule has 3 aromatic rings. The first kappa shape index (κ1) is 31.2. The average molecular weight is 596 g/mol. The molecule has 0 spiro atoms. The van der Waals surface area contributed by atoms with Gasteiger partial charge in [-0.05, 0) is 73.7 Å². The van der Waals surface area contributed by atoms with Crippen LogP contribution in [0.1, 0.15) is 43.4 Å². The Bertz CT molecular complexity index is 1430. The molecule has 0 unspecified atom stereocenters. The normalized spacial score (nSPS) is 15.1. The van der Waals surface area contributed by atoms with E-state index in [9.17, 15) is 22.4 Å². The van der Waals surface area contributed by atoms with Gasteiger partial charge in [0.25, 0.3) is 0 Å². The van der Waals surface area contributed by atoms with Crippen molar-refractivity contribution in [1.82, 2.24) is 15.1 Å². The number of hydrogen-bond donors (Lipinski definition) is 1. The lowest BCUT2D eigenvalue weighted by Gasteiger charge is -2.38. The van der Waals surface area contributed by atoms with E-state index in [1.165, 1.54) is 30.5 Å². The van der Waals surface area contributed by atoms with E-state index in [1.54, 1.807) is 24.3 Å². The van der Waals surface area contributed by atoms with Crippen molar-refractivity contribution >= 4 is 21.8 Å². The van der Waals surface area contributed by atoms with E-state index in [4.69, 9.17) is 4.74 Å². The standard InChI is InChI=1S/C32H38FN3O5S/c1-3-36(31(37)23-24-9-15-29(16-10-24)42(2,39)40)27-17-20-35(21-18-27)22-19-30(25-7-5-4-6-8-25)34-32(38)41-28-13-11-26(33)12-14-28/h4-16,27,30H,3,17-23H2,1-2H3,(H,34,38)/t30-/m0/s1. The molecule has 1 fully saturated rings. The molecule has 1 aliphatic rings. The summed E-state index contributed by atoms with van der Waals surface area (Å²) in [6.07, 6.45) is 3.17. The Labute approximate surface area is 247 Å². The number of carbonyl (C=O) groups is 2. The fourth-order valence-corrected chi connectivity index (χ4v) is 5.95. The maximum absolute atomic E-state index is 13.2. The summed E-state index contributed by atoms with van der Waals surface area (Å²) in [5.74, 6) is -0.0962. The summed E-state index contributed by atoms with van der Waals surface area (Å²) in [5.41, 5.74) is 1.76. The van der Waals surface area contributed by atoms with E-state index < -0.39 is 21.7 Å². The van der Waals surface area contributed by atoms with Crippen molar-refractivity contribution < 1.29 is 27.1 Å². The summed E-state index contributed by atoms with van der Waals surface area (Å²) in [7, 11) is -3.28. The molecular weight excluding hydrogens is 557 g/mol. The number of nitrogens with one attached hydrogen (secondary N) is 1. The van der Waals surface area contributed by atoms with Crippen LogP contribution < -0.4 is 10.1 Å². The summed E-state index contributed by atoms with van der Waals surface area (Å²) >= 11 is 0. The number of ether oxygens (including phenoxy) is 1. The van der Waals surface area contributed by atoms with Gasteiger partial charge in [-0.15, -0.1) is 0 Å². The molecular formula is C32H38FN3O5S. The van der Waals surface area contributed by atoms with Gasteiger partial charge < -0.3 is 19.9 Å². The highest BCUT2D eigenvalue weighted by atomic mass is 32.2. The molecule has 2 amide bonds. The third-order valence-corrected chi connectivity index (χ3v) is 8.75. The van der Waals surface area contributed by atoms with Crippen molar-refractivity contribution in [3.05, 3.63) is 95.8 Å². The van der Waals surface area contributed by atoms with Crippen LogP contribution in [-0.2, 0) is 21.1 Å². The monoisotopic (exact) mass is 595 g/mol. The summed E-state index contributed by atoms with van der Waals surface area (Å²) in [6.45, 7) is 5.02. The van der Waals surface area contributed by atoms with Gasteiger partial charge in [0.1, 0.15) is 11.6 Å². The number of halogens is 1. The van der Waals surface area contributed by atoms with Gasteiger partial charge in [0, 0.05) is 38.5 Å². The van der Waals surface area contributed by atoms with Crippen molar-refractivity contribution in [3.63, 3.8) is 0 Å². The molecule has 4 rings (SSSR count). The minimum absolute atomic E-state index is 0.0380. The summed E-state index contributed by atoms with van der Waals surface area (Å²) in [5, 5.41) is 2.95. The van der Waals surface area contributed by atoms with Crippen LogP contribution in [0.5, 0.6) is 5.75 Å². The van der Waals surface area contributed by atoms with Gasteiger partial charge >= 0.3 is 6.09 Å². The molecule has 0 aromatic heterocycles. The van der Waals surface area contributed by atoms with Crippen LogP contribution in [0.4, 0.5) is 9.18 Å². The van der Waals surface area contributed by atoms with E-state index in [2.05, 4.69) is 10.2 Å². The summed E-state index contributed by atoms with van der Waals surface area (Å²) in [6, 6.07) is 21.4. The zero-order valence-corrected chi connectivity index (χ0v) is 24.9. The van der Waals surface area contributed by atoms with Gasteiger partial charge in [-0.25, -0.2) is 17.6 Å². The molecule has 1 N–H and O–H groups in total. The van der Waals surface area contributed by atoms with E-state index in [-0.39, 0.29) is 35.1 Å². The highest BCUT2D eigenvalue weighted by Gasteiger charge is 2.27. The minimum atomic E-state index is -3.28. The van der Waals surface area contributed by atoms with E-state index >= 15 is 0 Å². The number of nitrogens with zero attached hydrogens (tertiary/aromatic N) is 2. The van der Waals surface area contributed by atoms with Crippen LogP contribution in [0.15, 0.2) is 83.8 Å². The molecule has 3 aromatic carbocycles. The lowest BCUT2D eigenvalue weighted by molar-refractivity contribution is -0.133. The molecule has 1 atom stereocenters. The number of carbonyl (C=O) groups excluding carboxylic acids is 2. The molecule has 0 bridgehead atoms. The Balaban J connectivity index is 1.29. The van der Waals surface area contributed by atoms with Crippen LogP contribution >= 0.6 is 0 Å². The first-order valence-electron chi connectivity index (χ1n) is 14.2. The summed E-state index contributed by atoms with van der Waals surface area (Å²) in [4.78, 5) is 30.3. The van der Waals surface area contributed by atoms with Crippen molar-refractivity contribution in [2.45, 2.75) is 49.6 Å². The maximum Gasteiger partial charge on any atom is 0.413 e. The number of likely N-dealkylation sites (tertiary alicyclic amines) is 1. The zero-order chi connectivity index (χ0) is 30.1. The van der Waals surface area contributed by atoms with Gasteiger partial charge in [-0.3, -0.25) is 4.79 Å². The van der Waals surface area contributed by atoms with Crippen LogP contribution in [-0.4, -0.2) is 68.7 Å². The Morgan fingerprint density at radius 2 is 1.64 bits per heavy atom. The molecule has 1 aliphatic heterocycles. The Morgan fingerprint density at radius 3 is 2.24 bits per heavy atom. The predicted octanol–water partition coefficient (Wildman–Crippen LogP) is 5.00. The lowest BCUT2D eigenvalue weighted by atomic mass is 10.00. The molecule has 224 valence electrons. The number of sulfone groups is 1. The highest BCUT2D eigenvalue weighted by Crippen LogP contribution is 2.22. The van der Waals surface area contributed by atoms with Crippen molar-refractivity contribution in [3.8, 4) is 5.75 Å². The highest BCUT2D eigenvalue weighted by molar-refractivity contribution is 7.90. The van der Waals surface area contributed by atoms with E-state index in [1.807, 2.05) is 42.2 Å². The number of likely N-dealkylation sites (N-methyl/N-ethyl adjacent to an activating group) is 1. The van der Waals surface area contributed by atoms with Crippen LogP contribution in [0.2, 0.25) is 0 Å². The third kappa shape index (κ3) is 8.87. The molecule has 0 aliphatic carbocycles. The molecule has 0 saturated carbocycles. The van der Waals surface area contributed by atoms with Gasteiger partial charge in [0.15, 0.2) is 9.84 Å². The van der Waals surface area contributed by atoms with Crippen LogP contribution in [0.25, 0.3) is 0 Å². The van der Waals surface area contributed by atoms with Crippen LogP contribution in [0, 0.1) is 5.82 Å². The Kier molecular flexibility index (Phi) is 10.7. The van der Waals surface area contributed by atoms with Gasteiger partial charge in [-0.1, -0.05) is 42.5 Å².